The molecule has 0 radical (unpaired) electrons. The van der Waals surface area contributed by atoms with E-state index in [1.165, 1.54) is 4.31 Å². The minimum absolute atomic E-state index is 0.239. The van der Waals surface area contributed by atoms with Crippen LogP contribution in [0.25, 0.3) is 22.2 Å². The van der Waals surface area contributed by atoms with Gasteiger partial charge in [-0.25, -0.2) is 13.4 Å². The maximum atomic E-state index is 13.3. The summed E-state index contributed by atoms with van der Waals surface area (Å²) in [7, 11) is -2.12. The van der Waals surface area contributed by atoms with Gasteiger partial charge in [0, 0.05) is 6.54 Å². The third-order valence-corrected chi connectivity index (χ3v) is 7.59. The Balaban J connectivity index is 1.48. The van der Waals surface area contributed by atoms with E-state index in [2.05, 4.69) is 4.98 Å². The Kier molecular flexibility index (Phi) is 5.00. The number of hydrogen-bond donors (Lipinski definition) is 0. The first-order chi connectivity index (χ1) is 15.1. The van der Waals surface area contributed by atoms with Crippen molar-refractivity contribution in [1.29, 1.82) is 0 Å². The molecule has 0 N–H and O–H groups in total. The average molecular weight is 435 g/mol. The predicted octanol–water partition coefficient (Wildman–Crippen LogP) is 5.03. The van der Waals surface area contributed by atoms with Gasteiger partial charge in [0.25, 0.3) is 0 Å². The van der Waals surface area contributed by atoms with Crippen LogP contribution in [0.5, 0.6) is 5.75 Å². The third-order valence-electron chi connectivity index (χ3n) is 5.67. The van der Waals surface area contributed by atoms with Crippen molar-refractivity contribution in [2.45, 2.75) is 23.8 Å². The van der Waals surface area contributed by atoms with Gasteiger partial charge in [-0.05, 0) is 60.4 Å². The molecule has 0 bridgehead atoms. The molecule has 1 atom stereocenters. The summed E-state index contributed by atoms with van der Waals surface area (Å²) in [5.41, 5.74) is 3.52. The second kappa shape index (κ2) is 7.83. The predicted molar refractivity (Wildman–Crippen MR) is 118 cm³/mol. The number of ether oxygens (including phenoxy) is 1. The number of fused-ring (bicyclic) bond motifs is 1. The van der Waals surface area contributed by atoms with E-state index < -0.39 is 16.1 Å². The highest BCUT2D eigenvalue weighted by Gasteiger charge is 2.39. The highest BCUT2D eigenvalue weighted by atomic mass is 32.2. The fraction of sp³-hybridized carbons (Fsp3) is 0.208. The van der Waals surface area contributed by atoms with E-state index in [4.69, 9.17) is 9.15 Å². The van der Waals surface area contributed by atoms with E-state index in [0.717, 1.165) is 23.1 Å². The van der Waals surface area contributed by atoms with Gasteiger partial charge < -0.3 is 9.15 Å². The number of oxazole rings is 1. The fourth-order valence-corrected chi connectivity index (χ4v) is 5.71. The van der Waals surface area contributed by atoms with Crippen LogP contribution in [-0.2, 0) is 10.0 Å². The second-order valence-corrected chi connectivity index (χ2v) is 9.44. The highest BCUT2D eigenvalue weighted by molar-refractivity contribution is 7.89. The van der Waals surface area contributed by atoms with Crippen LogP contribution >= 0.6 is 0 Å². The van der Waals surface area contributed by atoms with Crippen molar-refractivity contribution < 1.29 is 17.6 Å². The first-order valence-electron chi connectivity index (χ1n) is 10.2. The van der Waals surface area contributed by atoms with Gasteiger partial charge in [0.15, 0.2) is 5.58 Å². The van der Waals surface area contributed by atoms with Crippen molar-refractivity contribution in [1.82, 2.24) is 9.29 Å². The zero-order valence-corrected chi connectivity index (χ0v) is 17.9. The molecule has 5 rings (SSSR count). The quantitative estimate of drug-likeness (QED) is 0.441. The Morgan fingerprint density at radius 2 is 1.77 bits per heavy atom. The van der Waals surface area contributed by atoms with Crippen molar-refractivity contribution >= 4 is 21.1 Å². The lowest BCUT2D eigenvalue weighted by Crippen LogP contribution is -2.30. The van der Waals surface area contributed by atoms with E-state index in [1.807, 2.05) is 48.5 Å². The molecule has 2 heterocycles. The zero-order chi connectivity index (χ0) is 21.4. The smallest absolute Gasteiger partial charge is 0.243 e. The number of hydrogen-bond acceptors (Lipinski definition) is 5. The maximum Gasteiger partial charge on any atom is 0.243 e. The number of methoxy groups -OCH3 is 1. The summed E-state index contributed by atoms with van der Waals surface area (Å²) in [6, 6.07) is 22.0. The van der Waals surface area contributed by atoms with Gasteiger partial charge in [0.1, 0.15) is 17.3 Å². The molecule has 3 aromatic carbocycles. The summed E-state index contributed by atoms with van der Waals surface area (Å²) in [5.74, 6) is 1.06. The molecule has 1 fully saturated rings. The summed E-state index contributed by atoms with van der Waals surface area (Å²) in [6.45, 7) is 0.438. The molecule has 0 saturated carbocycles. The van der Waals surface area contributed by atoms with Crippen molar-refractivity contribution in [3.05, 3.63) is 78.7 Å². The Hall–Kier alpha value is -3.16. The number of rotatable bonds is 5. The summed E-state index contributed by atoms with van der Waals surface area (Å²) in [5, 5.41) is 0. The summed E-state index contributed by atoms with van der Waals surface area (Å²) < 4.78 is 39.2. The van der Waals surface area contributed by atoms with E-state index in [0.29, 0.717) is 30.2 Å². The molecule has 1 aliphatic rings. The largest absolute Gasteiger partial charge is 0.497 e. The van der Waals surface area contributed by atoms with Crippen molar-refractivity contribution in [3.63, 3.8) is 0 Å². The van der Waals surface area contributed by atoms with Crippen molar-refractivity contribution in [3.8, 4) is 16.9 Å². The summed E-state index contributed by atoms with van der Waals surface area (Å²) in [6.07, 6.45) is 1.43. The van der Waals surface area contributed by atoms with Crippen LogP contribution in [-0.4, -0.2) is 31.4 Å². The second-order valence-electron chi connectivity index (χ2n) is 7.55. The molecule has 6 nitrogen and oxygen atoms in total. The molecule has 1 unspecified atom stereocenters. The van der Waals surface area contributed by atoms with Gasteiger partial charge in [-0.1, -0.05) is 36.4 Å². The molecule has 0 amide bonds. The van der Waals surface area contributed by atoms with E-state index >= 15 is 0 Å². The molecule has 1 saturated heterocycles. The van der Waals surface area contributed by atoms with Gasteiger partial charge in [-0.2, -0.15) is 4.31 Å². The van der Waals surface area contributed by atoms with Crippen molar-refractivity contribution in [2.24, 2.45) is 0 Å². The van der Waals surface area contributed by atoms with Crippen LogP contribution < -0.4 is 4.74 Å². The topological polar surface area (TPSA) is 72.6 Å². The van der Waals surface area contributed by atoms with E-state index in [9.17, 15) is 8.42 Å². The molecule has 7 heteroatoms. The molecule has 0 aliphatic carbocycles. The Labute approximate surface area is 181 Å². The van der Waals surface area contributed by atoms with Gasteiger partial charge in [-0.15, -0.1) is 0 Å². The lowest BCUT2D eigenvalue weighted by Gasteiger charge is -2.21. The van der Waals surface area contributed by atoms with Crippen molar-refractivity contribution in [2.75, 3.05) is 13.7 Å². The lowest BCUT2D eigenvalue weighted by molar-refractivity contribution is 0.337. The molecule has 0 spiro atoms. The molecule has 4 aromatic rings. The minimum Gasteiger partial charge on any atom is -0.497 e. The maximum absolute atomic E-state index is 13.3. The van der Waals surface area contributed by atoms with Gasteiger partial charge >= 0.3 is 0 Å². The molecule has 1 aromatic heterocycles. The van der Waals surface area contributed by atoms with Gasteiger partial charge in [0.05, 0.1) is 12.0 Å². The van der Waals surface area contributed by atoms with Crippen LogP contribution in [0.3, 0.4) is 0 Å². The molecular formula is C24H22N2O4S. The monoisotopic (exact) mass is 434 g/mol. The standard InChI is InChI=1S/C24H22N2O4S/c1-29-19-10-12-20(13-11-19)31(27,28)26-15-5-8-22(26)24-25-21-16-18(9-14-23(21)30-24)17-6-3-2-4-7-17/h2-4,6-7,9-14,16,22H,5,8,15H2,1H3. The lowest BCUT2D eigenvalue weighted by atomic mass is 10.1. The van der Waals surface area contributed by atoms with Gasteiger partial charge in [-0.3, -0.25) is 0 Å². The Bertz CT molecular complexity index is 1310. The number of aromatic nitrogens is 1. The van der Waals surface area contributed by atoms with Crippen LogP contribution in [0.1, 0.15) is 24.8 Å². The molecule has 1 aliphatic heterocycles. The fourth-order valence-electron chi connectivity index (χ4n) is 4.06. The number of benzene rings is 3. The van der Waals surface area contributed by atoms with Crippen LogP contribution in [0.2, 0.25) is 0 Å². The summed E-state index contributed by atoms with van der Waals surface area (Å²) in [4.78, 5) is 4.91. The molecule has 31 heavy (non-hydrogen) atoms. The summed E-state index contributed by atoms with van der Waals surface area (Å²) >= 11 is 0. The first kappa shape index (κ1) is 19.8. The number of nitrogens with zero attached hydrogens (tertiary/aromatic N) is 2. The first-order valence-corrected chi connectivity index (χ1v) is 11.6. The minimum atomic E-state index is -3.67. The Morgan fingerprint density at radius 3 is 2.52 bits per heavy atom. The number of sulfonamides is 1. The normalized spacial score (nSPS) is 17.3. The zero-order valence-electron chi connectivity index (χ0n) is 17.1. The molecule has 158 valence electrons. The van der Waals surface area contributed by atoms with Crippen LogP contribution in [0.15, 0.2) is 82.1 Å². The SMILES string of the molecule is COc1ccc(S(=O)(=O)N2CCCC2c2nc3cc(-c4ccccc4)ccc3o2)cc1. The highest BCUT2D eigenvalue weighted by Crippen LogP contribution is 2.38. The Morgan fingerprint density at radius 1 is 1.00 bits per heavy atom. The average Bonchev–Trinajstić information content (AvgIpc) is 3.46. The van der Waals surface area contributed by atoms with Gasteiger partial charge in [0.2, 0.25) is 15.9 Å². The third kappa shape index (κ3) is 3.60. The van der Waals surface area contributed by atoms with Crippen LogP contribution in [0.4, 0.5) is 0 Å². The van der Waals surface area contributed by atoms with E-state index in [1.54, 1.807) is 31.4 Å². The van der Waals surface area contributed by atoms with E-state index in [-0.39, 0.29) is 4.90 Å². The van der Waals surface area contributed by atoms with Crippen LogP contribution in [0, 0.1) is 0 Å². The molecular weight excluding hydrogens is 412 g/mol.